The van der Waals surface area contributed by atoms with Crippen molar-refractivity contribution in [2.24, 2.45) is 5.41 Å². The molecule has 0 aliphatic heterocycles. The molecule has 6 heteroatoms. The van der Waals surface area contributed by atoms with Crippen LogP contribution in [0.3, 0.4) is 0 Å². The van der Waals surface area contributed by atoms with Crippen LogP contribution in [0.5, 0.6) is 0 Å². The highest BCUT2D eigenvalue weighted by molar-refractivity contribution is 6.32. The number of imidazole rings is 1. The topological polar surface area (TPSA) is 44.1 Å². The van der Waals surface area contributed by atoms with Crippen molar-refractivity contribution in [1.29, 1.82) is 0 Å². The molecule has 3 rings (SSSR count). The molecule has 2 aromatic rings. The quantitative estimate of drug-likeness (QED) is 0.680. The van der Waals surface area contributed by atoms with Crippen LogP contribution >= 0.6 is 11.6 Å². The van der Waals surface area contributed by atoms with Gasteiger partial charge in [-0.05, 0) is 25.0 Å². The molecule has 1 aliphatic rings. The summed E-state index contributed by atoms with van der Waals surface area (Å²) in [5.74, 6) is 0.118. The zero-order valence-electron chi connectivity index (χ0n) is 17.3. The van der Waals surface area contributed by atoms with Crippen molar-refractivity contribution in [3.8, 4) is 0 Å². The standard InChI is InChI=1S/C21H29ClN2O2Si/c1-19(2,3)27-26-21(6,7)15-11-23-12-24(15)17-16-13(9-8-10-14(16)22)18(25)20(17,4)5/h8-12,17H,27H2,1-7H3. The minimum atomic E-state index is -0.754. The molecule has 4 nitrogen and oxygen atoms in total. The SMILES string of the molecule is CC(C)(C)[SiH2]OC(C)(C)c1cncn1C1c2c(Cl)cccc2C(=O)C1(C)C. The lowest BCUT2D eigenvalue weighted by Gasteiger charge is -2.35. The van der Waals surface area contributed by atoms with Gasteiger partial charge in [-0.25, -0.2) is 4.98 Å². The Morgan fingerprint density at radius 1 is 1.22 bits per heavy atom. The van der Waals surface area contributed by atoms with Crippen LogP contribution in [0, 0.1) is 5.41 Å². The molecule has 1 aromatic carbocycles. The van der Waals surface area contributed by atoms with E-state index in [1.807, 2.05) is 38.2 Å². The van der Waals surface area contributed by atoms with E-state index in [-0.39, 0.29) is 16.9 Å². The molecule has 1 unspecified atom stereocenters. The van der Waals surface area contributed by atoms with E-state index >= 15 is 0 Å². The summed E-state index contributed by atoms with van der Waals surface area (Å²) in [6.07, 6.45) is 3.66. The number of Topliss-reactive ketones (excluding diaryl/α,β-unsaturated/α-hetero) is 1. The Kier molecular flexibility index (Phi) is 4.94. The number of rotatable bonds is 4. The van der Waals surface area contributed by atoms with Gasteiger partial charge in [0.25, 0.3) is 0 Å². The van der Waals surface area contributed by atoms with Crippen LogP contribution < -0.4 is 0 Å². The average Bonchev–Trinajstić information content (AvgIpc) is 3.10. The summed E-state index contributed by atoms with van der Waals surface area (Å²) in [6, 6.07) is 5.36. The molecule has 0 amide bonds. The van der Waals surface area contributed by atoms with Gasteiger partial charge in [0.2, 0.25) is 0 Å². The van der Waals surface area contributed by atoms with Crippen LogP contribution in [0.15, 0.2) is 30.7 Å². The van der Waals surface area contributed by atoms with E-state index in [1.165, 1.54) is 0 Å². The third-order valence-corrected chi connectivity index (χ3v) is 7.33. The van der Waals surface area contributed by atoms with Gasteiger partial charge in [-0.3, -0.25) is 4.79 Å². The first kappa shape index (κ1) is 20.3. The maximum Gasteiger partial charge on any atom is 0.171 e. The summed E-state index contributed by atoms with van der Waals surface area (Å²) in [5, 5.41) is 0.819. The molecule has 146 valence electrons. The number of hydrogen-bond acceptors (Lipinski definition) is 3. The summed E-state index contributed by atoms with van der Waals surface area (Å²) >= 11 is 6.55. The van der Waals surface area contributed by atoms with Crippen molar-refractivity contribution >= 4 is 27.1 Å². The third-order valence-electron chi connectivity index (χ3n) is 5.27. The molecule has 0 fully saturated rings. The fraction of sp³-hybridized carbons (Fsp3) is 0.524. The normalized spacial score (nSPS) is 19.9. The molecule has 1 atom stereocenters. The van der Waals surface area contributed by atoms with E-state index in [2.05, 4.69) is 44.2 Å². The van der Waals surface area contributed by atoms with Crippen LogP contribution in [0.1, 0.15) is 76.1 Å². The number of hydrogen-bond donors (Lipinski definition) is 0. The fourth-order valence-corrected chi connectivity index (χ4v) is 5.00. The minimum Gasteiger partial charge on any atom is -0.413 e. The first-order chi connectivity index (χ1) is 12.4. The van der Waals surface area contributed by atoms with Crippen molar-refractivity contribution < 1.29 is 9.22 Å². The second-order valence-corrected chi connectivity index (χ2v) is 12.8. The minimum absolute atomic E-state index is 0.118. The Morgan fingerprint density at radius 2 is 1.89 bits per heavy atom. The van der Waals surface area contributed by atoms with E-state index in [4.69, 9.17) is 16.0 Å². The Balaban J connectivity index is 2.09. The Morgan fingerprint density at radius 3 is 2.52 bits per heavy atom. The number of benzene rings is 1. The van der Waals surface area contributed by atoms with E-state index in [1.54, 1.807) is 6.33 Å². The summed E-state index contributed by atoms with van der Waals surface area (Å²) in [4.78, 5) is 17.5. The van der Waals surface area contributed by atoms with Gasteiger partial charge in [-0.1, -0.05) is 58.4 Å². The van der Waals surface area contributed by atoms with Gasteiger partial charge in [-0.2, -0.15) is 0 Å². The van der Waals surface area contributed by atoms with Crippen molar-refractivity contribution in [1.82, 2.24) is 9.55 Å². The first-order valence-corrected chi connectivity index (χ1v) is 11.0. The number of carbonyl (C=O) groups is 1. The van der Waals surface area contributed by atoms with Gasteiger partial charge in [-0.15, -0.1) is 0 Å². The molecule has 0 radical (unpaired) electrons. The van der Waals surface area contributed by atoms with Gasteiger partial charge < -0.3 is 8.99 Å². The van der Waals surface area contributed by atoms with Crippen LogP contribution in [-0.2, 0) is 10.0 Å². The molecular formula is C21H29ClN2O2Si. The van der Waals surface area contributed by atoms with Crippen molar-refractivity contribution in [3.05, 3.63) is 52.6 Å². The van der Waals surface area contributed by atoms with Crippen molar-refractivity contribution in [2.45, 2.75) is 65.1 Å². The maximum atomic E-state index is 13.1. The maximum absolute atomic E-state index is 13.1. The molecule has 1 heterocycles. The lowest BCUT2D eigenvalue weighted by atomic mass is 9.83. The van der Waals surface area contributed by atoms with Gasteiger partial charge in [0.05, 0.1) is 35.3 Å². The largest absolute Gasteiger partial charge is 0.413 e. The van der Waals surface area contributed by atoms with Gasteiger partial charge >= 0.3 is 0 Å². The molecule has 0 bridgehead atoms. The van der Waals surface area contributed by atoms with Gasteiger partial charge in [0.1, 0.15) is 0 Å². The number of ketones is 1. The molecule has 0 N–H and O–H groups in total. The Hall–Kier alpha value is -1.43. The molecular weight excluding hydrogens is 376 g/mol. The van der Waals surface area contributed by atoms with Crippen LogP contribution in [0.25, 0.3) is 0 Å². The van der Waals surface area contributed by atoms with Crippen molar-refractivity contribution in [2.75, 3.05) is 0 Å². The predicted molar refractivity (Wildman–Crippen MR) is 112 cm³/mol. The van der Waals surface area contributed by atoms with E-state index in [9.17, 15) is 4.79 Å². The summed E-state index contributed by atoms with van der Waals surface area (Å²) < 4.78 is 8.50. The summed E-state index contributed by atoms with van der Waals surface area (Å²) in [7, 11) is -0.754. The Labute approximate surface area is 169 Å². The van der Waals surface area contributed by atoms with Crippen molar-refractivity contribution in [3.63, 3.8) is 0 Å². The number of carbonyl (C=O) groups excluding carboxylic acids is 1. The smallest absolute Gasteiger partial charge is 0.171 e. The van der Waals surface area contributed by atoms with E-state index in [0.29, 0.717) is 10.6 Å². The zero-order valence-corrected chi connectivity index (χ0v) is 19.4. The number of fused-ring (bicyclic) bond motifs is 1. The molecule has 0 saturated carbocycles. The van der Waals surface area contributed by atoms with Crippen LogP contribution in [-0.4, -0.2) is 25.1 Å². The summed E-state index contributed by atoms with van der Waals surface area (Å²) in [5.41, 5.74) is 1.47. The number of halogens is 1. The first-order valence-electron chi connectivity index (χ1n) is 9.36. The zero-order chi connectivity index (χ0) is 20.2. The predicted octanol–water partition coefficient (Wildman–Crippen LogP) is 4.90. The highest BCUT2D eigenvalue weighted by atomic mass is 35.5. The second kappa shape index (κ2) is 6.57. The molecule has 0 saturated heterocycles. The van der Waals surface area contributed by atoms with Crippen LogP contribution in [0.2, 0.25) is 10.1 Å². The lowest BCUT2D eigenvalue weighted by Crippen LogP contribution is -2.34. The lowest BCUT2D eigenvalue weighted by molar-refractivity contribution is 0.0775. The highest BCUT2D eigenvalue weighted by Crippen LogP contribution is 2.51. The van der Waals surface area contributed by atoms with E-state index < -0.39 is 20.8 Å². The number of aromatic nitrogens is 2. The molecule has 1 aliphatic carbocycles. The van der Waals surface area contributed by atoms with E-state index in [0.717, 1.165) is 11.3 Å². The average molecular weight is 405 g/mol. The fourth-order valence-electron chi connectivity index (χ4n) is 3.78. The molecule has 1 aromatic heterocycles. The van der Waals surface area contributed by atoms with Gasteiger partial charge in [0.15, 0.2) is 15.5 Å². The number of nitrogens with zero attached hydrogens (tertiary/aromatic N) is 2. The third kappa shape index (κ3) is 3.53. The van der Waals surface area contributed by atoms with Crippen LogP contribution in [0.4, 0.5) is 0 Å². The highest BCUT2D eigenvalue weighted by Gasteiger charge is 2.49. The second-order valence-electron chi connectivity index (χ2n) is 9.70. The molecule has 0 spiro atoms. The van der Waals surface area contributed by atoms with Gasteiger partial charge in [0, 0.05) is 16.1 Å². The summed E-state index contributed by atoms with van der Waals surface area (Å²) in [6.45, 7) is 14.8. The Bertz CT molecular complexity index is 881. The monoisotopic (exact) mass is 404 g/mol. The molecule has 27 heavy (non-hydrogen) atoms.